The average Bonchev–Trinajstić information content (AvgIpc) is 2.98. The zero-order valence-electron chi connectivity index (χ0n) is 12.0. The molecule has 1 N–H and O–H groups in total. The standard InChI is InChI=1S/C17H26N2/c1-19(17-11-5-6-12-17)15-14-18-13-7-10-16-8-3-2-4-9-16/h2-4,7-10,17-18H,5-6,11-15H2,1H3/b10-7+. The molecule has 1 fully saturated rings. The Labute approximate surface area is 117 Å². The summed E-state index contributed by atoms with van der Waals surface area (Å²) in [6.45, 7) is 3.18. The topological polar surface area (TPSA) is 15.3 Å². The van der Waals surface area contributed by atoms with Gasteiger partial charge in [0.05, 0.1) is 0 Å². The number of hydrogen-bond donors (Lipinski definition) is 1. The van der Waals surface area contributed by atoms with Crippen LogP contribution in [0.25, 0.3) is 6.08 Å². The third kappa shape index (κ3) is 5.17. The molecule has 0 amide bonds. The normalized spacial score (nSPS) is 16.7. The largest absolute Gasteiger partial charge is 0.312 e. The third-order valence-corrected chi connectivity index (χ3v) is 3.96. The van der Waals surface area contributed by atoms with Gasteiger partial charge in [-0.2, -0.15) is 0 Å². The average molecular weight is 258 g/mol. The molecule has 0 atom stereocenters. The lowest BCUT2D eigenvalue weighted by Gasteiger charge is -2.23. The molecule has 2 heteroatoms. The monoisotopic (exact) mass is 258 g/mol. The van der Waals surface area contributed by atoms with E-state index in [9.17, 15) is 0 Å². The lowest BCUT2D eigenvalue weighted by Crippen LogP contribution is -2.35. The maximum Gasteiger partial charge on any atom is 0.0138 e. The Morgan fingerprint density at radius 3 is 2.68 bits per heavy atom. The predicted octanol–water partition coefficient (Wildman–Crippen LogP) is 3.16. The van der Waals surface area contributed by atoms with Crippen LogP contribution in [0, 0.1) is 0 Å². The zero-order valence-corrected chi connectivity index (χ0v) is 12.0. The molecule has 1 aromatic rings. The van der Waals surface area contributed by atoms with E-state index in [4.69, 9.17) is 0 Å². The van der Waals surface area contributed by atoms with Crippen molar-refractivity contribution in [1.29, 1.82) is 0 Å². The maximum absolute atomic E-state index is 3.48. The van der Waals surface area contributed by atoms with Crippen molar-refractivity contribution in [1.82, 2.24) is 10.2 Å². The van der Waals surface area contributed by atoms with Gasteiger partial charge in [0.2, 0.25) is 0 Å². The Hall–Kier alpha value is -1.12. The zero-order chi connectivity index (χ0) is 13.3. The van der Waals surface area contributed by atoms with Crippen LogP contribution in [-0.2, 0) is 0 Å². The summed E-state index contributed by atoms with van der Waals surface area (Å²) in [5, 5.41) is 3.48. The van der Waals surface area contributed by atoms with Crippen molar-refractivity contribution in [3.05, 3.63) is 42.0 Å². The van der Waals surface area contributed by atoms with Crippen LogP contribution in [0.3, 0.4) is 0 Å². The fraction of sp³-hybridized carbons (Fsp3) is 0.529. The Morgan fingerprint density at radius 2 is 1.95 bits per heavy atom. The van der Waals surface area contributed by atoms with Gasteiger partial charge < -0.3 is 10.2 Å². The molecule has 0 radical (unpaired) electrons. The van der Waals surface area contributed by atoms with Crippen LogP contribution in [0.5, 0.6) is 0 Å². The van der Waals surface area contributed by atoms with Gasteiger partial charge in [-0.1, -0.05) is 55.3 Å². The number of hydrogen-bond acceptors (Lipinski definition) is 2. The Balaban J connectivity index is 1.55. The first-order valence-corrected chi connectivity index (χ1v) is 7.49. The predicted molar refractivity (Wildman–Crippen MR) is 83.2 cm³/mol. The summed E-state index contributed by atoms with van der Waals surface area (Å²) in [6.07, 6.45) is 10.00. The minimum Gasteiger partial charge on any atom is -0.312 e. The highest BCUT2D eigenvalue weighted by Gasteiger charge is 2.18. The molecule has 0 spiro atoms. The van der Waals surface area contributed by atoms with Gasteiger partial charge in [-0.25, -0.2) is 0 Å². The van der Waals surface area contributed by atoms with E-state index in [0.29, 0.717) is 0 Å². The summed E-state index contributed by atoms with van der Waals surface area (Å²) in [4.78, 5) is 2.51. The Kier molecular flexibility index (Phi) is 6.12. The fourth-order valence-corrected chi connectivity index (χ4v) is 2.73. The molecule has 0 saturated heterocycles. The van der Waals surface area contributed by atoms with Crippen molar-refractivity contribution in [2.24, 2.45) is 0 Å². The summed E-state index contributed by atoms with van der Waals surface area (Å²) in [6, 6.07) is 11.3. The van der Waals surface area contributed by atoms with E-state index in [2.05, 4.69) is 59.7 Å². The van der Waals surface area contributed by atoms with E-state index in [1.165, 1.54) is 31.2 Å². The molecular formula is C17H26N2. The number of rotatable bonds is 7. The first kappa shape index (κ1) is 14.3. The van der Waals surface area contributed by atoms with Gasteiger partial charge in [0.15, 0.2) is 0 Å². The maximum atomic E-state index is 3.48. The molecule has 1 saturated carbocycles. The number of nitrogens with one attached hydrogen (secondary N) is 1. The van der Waals surface area contributed by atoms with Crippen LogP contribution < -0.4 is 5.32 Å². The van der Waals surface area contributed by atoms with Crippen LogP contribution in [0.2, 0.25) is 0 Å². The van der Waals surface area contributed by atoms with Crippen molar-refractivity contribution >= 4 is 6.08 Å². The second-order valence-corrected chi connectivity index (χ2v) is 5.44. The van der Waals surface area contributed by atoms with E-state index in [-0.39, 0.29) is 0 Å². The highest BCUT2D eigenvalue weighted by molar-refractivity contribution is 5.48. The van der Waals surface area contributed by atoms with E-state index in [1.807, 2.05) is 0 Å². The van der Waals surface area contributed by atoms with Gasteiger partial charge in [0.25, 0.3) is 0 Å². The number of likely N-dealkylation sites (N-methyl/N-ethyl adjacent to an activating group) is 1. The highest BCUT2D eigenvalue weighted by Crippen LogP contribution is 2.21. The van der Waals surface area contributed by atoms with Crippen molar-refractivity contribution in [3.8, 4) is 0 Å². The minimum atomic E-state index is 0.835. The summed E-state index contributed by atoms with van der Waals surface area (Å²) in [5.74, 6) is 0. The molecular weight excluding hydrogens is 232 g/mol. The summed E-state index contributed by atoms with van der Waals surface area (Å²) >= 11 is 0. The lowest BCUT2D eigenvalue weighted by atomic mass is 10.2. The third-order valence-electron chi connectivity index (χ3n) is 3.96. The molecule has 19 heavy (non-hydrogen) atoms. The van der Waals surface area contributed by atoms with Gasteiger partial charge in [-0.3, -0.25) is 0 Å². The SMILES string of the molecule is CN(CCNC/C=C/c1ccccc1)C1CCCC1. The second kappa shape index (κ2) is 8.13. The van der Waals surface area contributed by atoms with Gasteiger partial charge in [-0.05, 0) is 25.5 Å². The first-order valence-electron chi connectivity index (χ1n) is 7.49. The number of nitrogens with zero attached hydrogens (tertiary/aromatic N) is 1. The van der Waals surface area contributed by atoms with Gasteiger partial charge >= 0.3 is 0 Å². The molecule has 2 rings (SSSR count). The summed E-state index contributed by atoms with van der Waals surface area (Å²) in [7, 11) is 2.26. The molecule has 1 aromatic carbocycles. The Bertz CT molecular complexity index is 366. The molecule has 0 aromatic heterocycles. The van der Waals surface area contributed by atoms with Crippen molar-refractivity contribution in [2.45, 2.75) is 31.7 Å². The van der Waals surface area contributed by atoms with E-state index < -0.39 is 0 Å². The van der Waals surface area contributed by atoms with E-state index >= 15 is 0 Å². The highest BCUT2D eigenvalue weighted by atomic mass is 15.1. The van der Waals surface area contributed by atoms with Crippen molar-refractivity contribution in [3.63, 3.8) is 0 Å². The van der Waals surface area contributed by atoms with E-state index in [0.717, 1.165) is 25.7 Å². The summed E-state index contributed by atoms with van der Waals surface area (Å²) in [5.41, 5.74) is 1.27. The molecule has 0 heterocycles. The van der Waals surface area contributed by atoms with Crippen LogP contribution in [-0.4, -0.2) is 37.6 Å². The molecule has 1 aliphatic rings. The van der Waals surface area contributed by atoms with Gasteiger partial charge in [0, 0.05) is 25.7 Å². The quantitative estimate of drug-likeness (QED) is 0.756. The van der Waals surface area contributed by atoms with Crippen LogP contribution in [0.4, 0.5) is 0 Å². The molecule has 104 valence electrons. The molecule has 1 aliphatic carbocycles. The number of benzene rings is 1. The molecule has 0 unspecified atom stereocenters. The van der Waals surface area contributed by atoms with Crippen molar-refractivity contribution < 1.29 is 0 Å². The first-order chi connectivity index (χ1) is 9.36. The van der Waals surface area contributed by atoms with Crippen LogP contribution >= 0.6 is 0 Å². The molecule has 2 nitrogen and oxygen atoms in total. The minimum absolute atomic E-state index is 0.835. The fourth-order valence-electron chi connectivity index (χ4n) is 2.73. The lowest BCUT2D eigenvalue weighted by molar-refractivity contribution is 0.246. The smallest absolute Gasteiger partial charge is 0.0138 e. The second-order valence-electron chi connectivity index (χ2n) is 5.44. The molecule has 0 bridgehead atoms. The van der Waals surface area contributed by atoms with Crippen LogP contribution in [0.1, 0.15) is 31.2 Å². The van der Waals surface area contributed by atoms with Gasteiger partial charge in [0.1, 0.15) is 0 Å². The Morgan fingerprint density at radius 1 is 1.21 bits per heavy atom. The van der Waals surface area contributed by atoms with E-state index in [1.54, 1.807) is 0 Å². The van der Waals surface area contributed by atoms with Gasteiger partial charge in [-0.15, -0.1) is 0 Å². The van der Waals surface area contributed by atoms with Crippen molar-refractivity contribution in [2.75, 3.05) is 26.7 Å². The summed E-state index contributed by atoms with van der Waals surface area (Å²) < 4.78 is 0. The van der Waals surface area contributed by atoms with Crippen LogP contribution in [0.15, 0.2) is 36.4 Å². The molecule has 0 aliphatic heterocycles.